The van der Waals surface area contributed by atoms with E-state index in [0.29, 0.717) is 32.7 Å². The Bertz CT molecular complexity index is 271. The average molecular weight is 240 g/mol. The van der Waals surface area contributed by atoms with Crippen molar-refractivity contribution in [1.29, 1.82) is 5.26 Å². The summed E-state index contributed by atoms with van der Waals surface area (Å²) in [4.78, 5) is 13.1. The maximum absolute atomic E-state index is 11.0. The molecule has 0 aromatic carbocycles. The number of methoxy groups -OCH3 is 1. The molecule has 0 aromatic heterocycles. The van der Waals surface area contributed by atoms with Crippen LogP contribution >= 0.6 is 0 Å². The third-order valence-corrected chi connectivity index (χ3v) is 2.06. The maximum atomic E-state index is 11.0. The topological polar surface area (TPSA) is 62.6 Å². The van der Waals surface area contributed by atoms with E-state index in [4.69, 9.17) is 14.7 Å². The fraction of sp³-hybridized carbons (Fsp3) is 0.667. The molecule has 0 fully saturated rings. The number of carbonyl (C=O) groups is 1. The van der Waals surface area contributed by atoms with Gasteiger partial charge in [-0.3, -0.25) is 4.90 Å². The van der Waals surface area contributed by atoms with Crippen molar-refractivity contribution in [3.63, 3.8) is 0 Å². The van der Waals surface area contributed by atoms with E-state index >= 15 is 0 Å². The SMILES string of the molecule is CCOC(=O)/C=C/CN(CCC#N)CCOC. The van der Waals surface area contributed by atoms with Crippen LogP contribution in [0.15, 0.2) is 12.2 Å². The molecule has 0 aromatic rings. The highest BCUT2D eigenvalue weighted by molar-refractivity contribution is 5.81. The molecule has 17 heavy (non-hydrogen) atoms. The van der Waals surface area contributed by atoms with Gasteiger partial charge in [-0.1, -0.05) is 6.08 Å². The summed E-state index contributed by atoms with van der Waals surface area (Å²) in [6, 6.07) is 2.10. The molecular weight excluding hydrogens is 220 g/mol. The molecule has 0 aliphatic carbocycles. The van der Waals surface area contributed by atoms with Crippen molar-refractivity contribution in [2.24, 2.45) is 0 Å². The molecule has 0 heterocycles. The summed E-state index contributed by atoms with van der Waals surface area (Å²) in [6.45, 7) is 4.79. The van der Waals surface area contributed by atoms with Gasteiger partial charge in [0.1, 0.15) is 0 Å². The highest BCUT2D eigenvalue weighted by atomic mass is 16.5. The van der Waals surface area contributed by atoms with E-state index in [9.17, 15) is 4.79 Å². The summed E-state index contributed by atoms with van der Waals surface area (Å²) in [5.74, 6) is -0.334. The smallest absolute Gasteiger partial charge is 0.330 e. The first kappa shape index (κ1) is 15.6. The fourth-order valence-electron chi connectivity index (χ4n) is 1.21. The zero-order valence-electron chi connectivity index (χ0n) is 10.5. The van der Waals surface area contributed by atoms with Gasteiger partial charge in [-0.05, 0) is 6.92 Å². The molecule has 0 unspecified atom stereocenters. The van der Waals surface area contributed by atoms with Crippen LogP contribution in [0.3, 0.4) is 0 Å². The Morgan fingerprint density at radius 1 is 1.47 bits per heavy atom. The predicted molar refractivity (Wildman–Crippen MR) is 64.3 cm³/mol. The third kappa shape index (κ3) is 9.54. The second-order valence-corrected chi connectivity index (χ2v) is 3.36. The van der Waals surface area contributed by atoms with Crippen molar-refractivity contribution in [1.82, 2.24) is 4.90 Å². The normalized spacial score (nSPS) is 10.7. The molecule has 0 rings (SSSR count). The highest BCUT2D eigenvalue weighted by Gasteiger charge is 2.02. The summed E-state index contributed by atoms with van der Waals surface area (Å²) in [5.41, 5.74) is 0. The Kier molecular flexibility index (Phi) is 10.2. The molecule has 5 heteroatoms. The highest BCUT2D eigenvalue weighted by Crippen LogP contribution is 1.93. The molecule has 0 saturated carbocycles. The van der Waals surface area contributed by atoms with Gasteiger partial charge >= 0.3 is 5.97 Å². The van der Waals surface area contributed by atoms with E-state index in [1.807, 2.05) is 4.90 Å². The first-order valence-corrected chi connectivity index (χ1v) is 5.66. The molecule has 0 spiro atoms. The maximum Gasteiger partial charge on any atom is 0.330 e. The Morgan fingerprint density at radius 3 is 2.82 bits per heavy atom. The zero-order chi connectivity index (χ0) is 12.9. The van der Waals surface area contributed by atoms with Gasteiger partial charge < -0.3 is 9.47 Å². The van der Waals surface area contributed by atoms with Crippen LogP contribution in [0.1, 0.15) is 13.3 Å². The van der Waals surface area contributed by atoms with Gasteiger partial charge in [0.15, 0.2) is 0 Å². The van der Waals surface area contributed by atoms with Crippen LogP contribution < -0.4 is 0 Å². The van der Waals surface area contributed by atoms with Crippen molar-refractivity contribution in [2.45, 2.75) is 13.3 Å². The van der Waals surface area contributed by atoms with Crippen LogP contribution in [0.2, 0.25) is 0 Å². The lowest BCUT2D eigenvalue weighted by molar-refractivity contribution is -0.137. The minimum atomic E-state index is -0.334. The van der Waals surface area contributed by atoms with Gasteiger partial charge in [-0.15, -0.1) is 0 Å². The standard InChI is InChI=1S/C12H20N2O3/c1-3-17-12(15)6-4-8-14(9-5-7-13)10-11-16-2/h4,6H,3,5,8-11H2,1-2H3/b6-4+. The van der Waals surface area contributed by atoms with Crippen molar-refractivity contribution >= 4 is 5.97 Å². The summed E-state index contributed by atoms with van der Waals surface area (Å²) in [6.07, 6.45) is 3.62. The molecule has 0 aliphatic heterocycles. The van der Waals surface area contributed by atoms with Gasteiger partial charge in [-0.2, -0.15) is 5.26 Å². The largest absolute Gasteiger partial charge is 0.463 e. The van der Waals surface area contributed by atoms with E-state index in [1.165, 1.54) is 6.08 Å². The second-order valence-electron chi connectivity index (χ2n) is 3.36. The summed E-state index contributed by atoms with van der Waals surface area (Å²) < 4.78 is 9.74. The molecule has 0 amide bonds. The van der Waals surface area contributed by atoms with Crippen molar-refractivity contribution in [3.8, 4) is 6.07 Å². The van der Waals surface area contributed by atoms with Crippen molar-refractivity contribution < 1.29 is 14.3 Å². The van der Waals surface area contributed by atoms with Crippen LogP contribution in [0.25, 0.3) is 0 Å². The number of hydrogen-bond acceptors (Lipinski definition) is 5. The van der Waals surface area contributed by atoms with E-state index in [2.05, 4.69) is 6.07 Å². The van der Waals surface area contributed by atoms with Gasteiger partial charge in [0.2, 0.25) is 0 Å². The lowest BCUT2D eigenvalue weighted by Gasteiger charge is -2.18. The first-order valence-electron chi connectivity index (χ1n) is 5.66. The lowest BCUT2D eigenvalue weighted by Crippen LogP contribution is -2.28. The van der Waals surface area contributed by atoms with Gasteiger partial charge in [0, 0.05) is 39.2 Å². The predicted octanol–water partition coefficient (Wildman–Crippen LogP) is 0.968. The Hall–Kier alpha value is -1.38. The number of carbonyl (C=O) groups excluding carboxylic acids is 1. The number of hydrogen-bond donors (Lipinski definition) is 0. The van der Waals surface area contributed by atoms with Crippen LogP contribution in [-0.2, 0) is 14.3 Å². The number of nitrogens with zero attached hydrogens (tertiary/aromatic N) is 2. The van der Waals surface area contributed by atoms with Gasteiger partial charge in [0.25, 0.3) is 0 Å². The average Bonchev–Trinajstić information content (AvgIpc) is 2.32. The minimum absolute atomic E-state index is 0.334. The van der Waals surface area contributed by atoms with E-state index in [1.54, 1.807) is 20.1 Å². The van der Waals surface area contributed by atoms with E-state index in [0.717, 1.165) is 6.54 Å². The molecule has 0 aliphatic rings. The summed E-state index contributed by atoms with van der Waals surface area (Å²) >= 11 is 0. The quantitative estimate of drug-likeness (QED) is 0.444. The van der Waals surface area contributed by atoms with E-state index in [-0.39, 0.29) is 5.97 Å². The molecular formula is C12H20N2O3. The molecule has 0 radical (unpaired) electrons. The number of ether oxygens (including phenoxy) is 2. The summed E-state index contributed by atoms with van der Waals surface area (Å²) in [7, 11) is 1.64. The molecule has 0 atom stereocenters. The van der Waals surface area contributed by atoms with E-state index < -0.39 is 0 Å². The van der Waals surface area contributed by atoms with Crippen molar-refractivity contribution in [3.05, 3.63) is 12.2 Å². The molecule has 0 bridgehead atoms. The molecule has 0 N–H and O–H groups in total. The Morgan fingerprint density at radius 2 is 2.24 bits per heavy atom. The molecule has 96 valence electrons. The number of esters is 1. The Labute approximate surface area is 103 Å². The third-order valence-electron chi connectivity index (χ3n) is 2.06. The molecule has 0 saturated heterocycles. The summed E-state index contributed by atoms with van der Waals surface area (Å²) in [5, 5.41) is 8.52. The zero-order valence-corrected chi connectivity index (χ0v) is 10.5. The van der Waals surface area contributed by atoms with Crippen LogP contribution in [0, 0.1) is 11.3 Å². The van der Waals surface area contributed by atoms with Crippen molar-refractivity contribution in [2.75, 3.05) is 40.0 Å². The number of rotatable bonds is 9. The van der Waals surface area contributed by atoms with Gasteiger partial charge in [-0.25, -0.2) is 4.79 Å². The van der Waals surface area contributed by atoms with Crippen LogP contribution in [0.4, 0.5) is 0 Å². The second kappa shape index (κ2) is 11.1. The Balaban J connectivity index is 3.96. The van der Waals surface area contributed by atoms with Crippen LogP contribution in [0.5, 0.6) is 0 Å². The molecule has 5 nitrogen and oxygen atoms in total. The van der Waals surface area contributed by atoms with Gasteiger partial charge in [0.05, 0.1) is 19.3 Å². The monoisotopic (exact) mass is 240 g/mol. The fourth-order valence-corrected chi connectivity index (χ4v) is 1.21. The van der Waals surface area contributed by atoms with Crippen LogP contribution in [-0.4, -0.2) is 50.8 Å². The minimum Gasteiger partial charge on any atom is -0.463 e. The first-order chi connectivity index (χ1) is 8.24. The number of nitriles is 1. The lowest BCUT2D eigenvalue weighted by atomic mass is 10.3.